The van der Waals surface area contributed by atoms with Gasteiger partial charge in [-0.3, -0.25) is 0 Å². The fourth-order valence-corrected chi connectivity index (χ4v) is 3.51. The Labute approximate surface area is 166 Å². The van der Waals surface area contributed by atoms with Gasteiger partial charge in [-0.15, -0.1) is 0 Å². The van der Waals surface area contributed by atoms with E-state index in [4.69, 9.17) is 28.6 Å². The number of likely N-dealkylation sites (N-methyl/N-ethyl adjacent to an activating group) is 1. The lowest BCUT2D eigenvalue weighted by atomic mass is 10.0. The van der Waals surface area contributed by atoms with Crippen molar-refractivity contribution in [3.05, 3.63) is 59.1 Å². The molecule has 0 spiro atoms. The molecule has 0 aromatic heterocycles. The summed E-state index contributed by atoms with van der Waals surface area (Å²) in [6.45, 7) is 7.12. The highest BCUT2D eigenvalue weighted by molar-refractivity contribution is 7.80. The molecule has 2 aromatic rings. The van der Waals surface area contributed by atoms with Gasteiger partial charge in [0.2, 0.25) is 0 Å². The van der Waals surface area contributed by atoms with Crippen LogP contribution in [0.3, 0.4) is 0 Å². The van der Waals surface area contributed by atoms with Crippen LogP contribution in [0.4, 0.5) is 5.69 Å². The van der Waals surface area contributed by atoms with Crippen LogP contribution in [0.2, 0.25) is 5.02 Å². The zero-order valence-electron chi connectivity index (χ0n) is 15.5. The third-order valence-electron chi connectivity index (χ3n) is 4.48. The molecule has 6 heteroatoms. The summed E-state index contributed by atoms with van der Waals surface area (Å²) >= 11 is 11.9. The number of benzene rings is 2. The second kappa shape index (κ2) is 10.4. The molecular formula is C20H27ClN3OS+. The Balaban J connectivity index is 2.06. The van der Waals surface area contributed by atoms with E-state index < -0.39 is 0 Å². The second-order valence-corrected chi connectivity index (χ2v) is 6.82. The lowest BCUT2D eigenvalue weighted by molar-refractivity contribution is -0.927. The normalized spacial score (nSPS) is 11.9. The van der Waals surface area contributed by atoms with E-state index in [2.05, 4.69) is 30.5 Å². The molecule has 0 unspecified atom stereocenters. The first-order chi connectivity index (χ1) is 12.6. The lowest BCUT2D eigenvalue weighted by Gasteiger charge is -2.28. The highest BCUT2D eigenvalue weighted by atomic mass is 35.5. The topological polar surface area (TPSA) is 37.7 Å². The Morgan fingerprint density at radius 1 is 1.15 bits per heavy atom. The van der Waals surface area contributed by atoms with Gasteiger partial charge in [0.25, 0.3) is 0 Å². The van der Waals surface area contributed by atoms with Crippen molar-refractivity contribution in [2.24, 2.45) is 0 Å². The van der Waals surface area contributed by atoms with Crippen molar-refractivity contribution in [3.8, 4) is 5.75 Å². The summed E-state index contributed by atoms with van der Waals surface area (Å²) in [6, 6.07) is 16.0. The molecular weight excluding hydrogens is 366 g/mol. The number of nitrogens with one attached hydrogen (secondary N) is 3. The quantitative estimate of drug-likeness (QED) is 0.602. The molecule has 0 bridgehead atoms. The van der Waals surface area contributed by atoms with Crippen LogP contribution in [-0.4, -0.2) is 31.9 Å². The van der Waals surface area contributed by atoms with E-state index in [0.717, 1.165) is 35.1 Å². The second-order valence-electron chi connectivity index (χ2n) is 6.01. The molecule has 2 aromatic carbocycles. The van der Waals surface area contributed by atoms with Gasteiger partial charge in [-0.2, -0.15) is 0 Å². The minimum atomic E-state index is 0.226. The minimum absolute atomic E-state index is 0.226. The molecule has 4 nitrogen and oxygen atoms in total. The Morgan fingerprint density at radius 2 is 1.88 bits per heavy atom. The van der Waals surface area contributed by atoms with Gasteiger partial charge in [0.05, 0.1) is 26.7 Å². The number of methoxy groups -OCH3 is 1. The number of halogens is 1. The number of rotatable bonds is 8. The van der Waals surface area contributed by atoms with E-state index >= 15 is 0 Å². The first kappa shape index (κ1) is 20.5. The fourth-order valence-electron chi connectivity index (χ4n) is 3.05. The van der Waals surface area contributed by atoms with Gasteiger partial charge in [0, 0.05) is 22.3 Å². The van der Waals surface area contributed by atoms with Crippen molar-refractivity contribution in [1.29, 1.82) is 0 Å². The van der Waals surface area contributed by atoms with Crippen LogP contribution >= 0.6 is 23.8 Å². The van der Waals surface area contributed by atoms with Gasteiger partial charge in [0.15, 0.2) is 5.11 Å². The summed E-state index contributed by atoms with van der Waals surface area (Å²) in [5.74, 6) is 0.791. The molecule has 0 saturated carbocycles. The number of quaternary nitrogens is 1. The average Bonchev–Trinajstić information content (AvgIpc) is 2.66. The molecule has 0 radical (unpaired) electrons. The molecule has 1 atom stereocenters. The number of hydrogen-bond acceptors (Lipinski definition) is 2. The lowest BCUT2D eigenvalue weighted by Crippen LogP contribution is -3.12. The molecule has 0 saturated heterocycles. The Bertz CT molecular complexity index is 722. The first-order valence-electron chi connectivity index (χ1n) is 8.86. The van der Waals surface area contributed by atoms with Crippen molar-refractivity contribution in [3.63, 3.8) is 0 Å². The Morgan fingerprint density at radius 3 is 2.54 bits per heavy atom. The number of anilines is 1. The maximum atomic E-state index is 6.45. The maximum absolute atomic E-state index is 6.45. The summed E-state index contributed by atoms with van der Waals surface area (Å²) in [5, 5.41) is 7.94. The van der Waals surface area contributed by atoms with E-state index in [1.165, 1.54) is 4.90 Å². The third kappa shape index (κ3) is 5.59. The molecule has 0 amide bonds. The zero-order valence-corrected chi connectivity index (χ0v) is 17.1. The molecule has 140 valence electrons. The van der Waals surface area contributed by atoms with Crippen LogP contribution in [0.1, 0.15) is 25.5 Å². The van der Waals surface area contributed by atoms with E-state index in [0.29, 0.717) is 11.7 Å². The molecule has 0 aliphatic rings. The summed E-state index contributed by atoms with van der Waals surface area (Å²) in [6.07, 6.45) is 0. The van der Waals surface area contributed by atoms with Gasteiger partial charge < -0.3 is 20.3 Å². The fraction of sp³-hybridized carbons (Fsp3) is 0.350. The van der Waals surface area contributed by atoms with Gasteiger partial charge in [-0.05, 0) is 44.3 Å². The van der Waals surface area contributed by atoms with Crippen molar-refractivity contribution >= 4 is 34.6 Å². The number of ether oxygens (including phenoxy) is 1. The average molecular weight is 393 g/mol. The summed E-state index contributed by atoms with van der Waals surface area (Å²) < 4.78 is 5.24. The monoisotopic (exact) mass is 392 g/mol. The largest absolute Gasteiger partial charge is 0.497 e. The summed E-state index contributed by atoms with van der Waals surface area (Å²) in [5.41, 5.74) is 2.04. The van der Waals surface area contributed by atoms with E-state index in [-0.39, 0.29) is 6.04 Å². The van der Waals surface area contributed by atoms with E-state index in [1.54, 1.807) is 7.11 Å². The molecule has 26 heavy (non-hydrogen) atoms. The van der Waals surface area contributed by atoms with Gasteiger partial charge in [-0.1, -0.05) is 35.9 Å². The van der Waals surface area contributed by atoms with Crippen LogP contribution in [0.5, 0.6) is 5.75 Å². The molecule has 0 heterocycles. The Kier molecular flexibility index (Phi) is 8.16. The number of hydrogen-bond donors (Lipinski definition) is 3. The van der Waals surface area contributed by atoms with Crippen LogP contribution in [0.15, 0.2) is 48.5 Å². The van der Waals surface area contributed by atoms with Crippen molar-refractivity contribution in [2.45, 2.75) is 19.9 Å². The number of thiocarbonyl (C=S) groups is 1. The first-order valence-corrected chi connectivity index (χ1v) is 9.65. The predicted octanol–water partition coefficient (Wildman–Crippen LogP) is 3.30. The zero-order chi connectivity index (χ0) is 18.9. The smallest absolute Gasteiger partial charge is 0.171 e. The SMILES string of the molecule is CC[NH+](CC)[C@@H](CNC(=S)Nc1cccc(OC)c1)c1ccccc1Cl. The minimum Gasteiger partial charge on any atom is -0.497 e. The van der Waals surface area contributed by atoms with E-state index in [1.807, 2.05) is 42.5 Å². The molecule has 0 fully saturated rings. The van der Waals surface area contributed by atoms with Crippen LogP contribution in [0.25, 0.3) is 0 Å². The maximum Gasteiger partial charge on any atom is 0.171 e. The molecule has 3 N–H and O–H groups in total. The van der Waals surface area contributed by atoms with Crippen molar-refractivity contribution in [2.75, 3.05) is 32.1 Å². The van der Waals surface area contributed by atoms with Gasteiger partial charge in [0.1, 0.15) is 11.8 Å². The van der Waals surface area contributed by atoms with E-state index in [9.17, 15) is 0 Å². The summed E-state index contributed by atoms with van der Waals surface area (Å²) in [7, 11) is 1.65. The predicted molar refractivity (Wildman–Crippen MR) is 113 cm³/mol. The van der Waals surface area contributed by atoms with Gasteiger partial charge >= 0.3 is 0 Å². The van der Waals surface area contributed by atoms with Crippen molar-refractivity contribution in [1.82, 2.24) is 5.32 Å². The van der Waals surface area contributed by atoms with Gasteiger partial charge in [-0.25, -0.2) is 0 Å². The van der Waals surface area contributed by atoms with Crippen LogP contribution in [-0.2, 0) is 0 Å². The molecule has 2 rings (SSSR count). The Hall–Kier alpha value is -1.82. The third-order valence-corrected chi connectivity index (χ3v) is 5.07. The highest BCUT2D eigenvalue weighted by Gasteiger charge is 2.24. The van der Waals surface area contributed by atoms with Crippen LogP contribution in [0, 0.1) is 0 Å². The molecule has 0 aliphatic carbocycles. The highest BCUT2D eigenvalue weighted by Crippen LogP contribution is 2.21. The molecule has 0 aliphatic heterocycles. The standard InChI is InChI=1S/C20H26ClN3OS/c1-4-24(5-2)19(17-11-6-7-12-18(17)21)14-22-20(26)23-15-9-8-10-16(13-15)25-3/h6-13,19H,4-5,14H2,1-3H3,(H2,22,23,26)/p+1/t19-/m0/s1. The summed E-state index contributed by atoms with van der Waals surface area (Å²) in [4.78, 5) is 1.45. The van der Waals surface area contributed by atoms with Crippen molar-refractivity contribution < 1.29 is 9.64 Å². The van der Waals surface area contributed by atoms with Crippen LogP contribution < -0.4 is 20.3 Å².